The largest absolute Gasteiger partial charge is 0.368 e. The van der Waals surface area contributed by atoms with E-state index in [9.17, 15) is 4.39 Å². The Kier molecular flexibility index (Phi) is 6.35. The molecule has 1 unspecified atom stereocenters. The molecule has 1 aromatic carbocycles. The molecule has 166 valence electrons. The Labute approximate surface area is 187 Å². The van der Waals surface area contributed by atoms with Crippen molar-refractivity contribution >= 4 is 17.3 Å². The zero-order chi connectivity index (χ0) is 22.7. The number of pyridine rings is 1. The second kappa shape index (κ2) is 9.34. The Hall–Kier alpha value is -3.48. The van der Waals surface area contributed by atoms with Crippen LogP contribution in [0.2, 0.25) is 0 Å². The fourth-order valence-corrected chi connectivity index (χ4v) is 4.12. The van der Waals surface area contributed by atoms with Crippen molar-refractivity contribution in [1.82, 2.24) is 14.8 Å². The average Bonchev–Trinajstić information content (AvgIpc) is 2.79. The highest BCUT2D eigenvalue weighted by molar-refractivity contribution is 5.61. The first-order valence-electron chi connectivity index (χ1n) is 11.0. The second-order valence-electron chi connectivity index (χ2n) is 8.40. The van der Waals surface area contributed by atoms with Gasteiger partial charge >= 0.3 is 0 Å². The molecule has 4 rings (SSSR count). The molecule has 1 atom stereocenters. The standard InChI is InChI=1S/C25H29FN6/c1-17(2)28-24-12-7-10-21(29-24)18(3)32-23(27)13-14-25(30-32)31-15-5-4-11-22(31)19-8-6-9-20(26)16-19/h6-10,12-14,16-17,22,27H,3-5,11,15H2,1-2H3,(H,28,29). The molecule has 1 aliphatic rings. The lowest BCUT2D eigenvalue weighted by atomic mass is 9.95. The SMILES string of the molecule is C=C(c1cccc(NC(C)C)n1)n1nc(N2CCCCC2c2cccc(F)c2)ccc1=N. The Balaban J connectivity index is 1.67. The summed E-state index contributed by atoms with van der Waals surface area (Å²) in [5.74, 6) is 1.27. The molecule has 1 aliphatic heterocycles. The van der Waals surface area contributed by atoms with Crippen LogP contribution in [0.15, 0.2) is 61.2 Å². The Morgan fingerprint density at radius 1 is 1.16 bits per heavy atom. The van der Waals surface area contributed by atoms with Crippen molar-refractivity contribution in [1.29, 1.82) is 5.41 Å². The van der Waals surface area contributed by atoms with Crippen molar-refractivity contribution in [3.05, 3.63) is 83.7 Å². The Morgan fingerprint density at radius 3 is 2.75 bits per heavy atom. The van der Waals surface area contributed by atoms with Gasteiger partial charge in [0.15, 0.2) is 0 Å². The average molecular weight is 433 g/mol. The van der Waals surface area contributed by atoms with E-state index in [1.165, 1.54) is 10.7 Å². The highest BCUT2D eigenvalue weighted by atomic mass is 19.1. The predicted octanol–water partition coefficient (Wildman–Crippen LogP) is 4.97. The van der Waals surface area contributed by atoms with E-state index in [0.29, 0.717) is 11.4 Å². The van der Waals surface area contributed by atoms with Crippen LogP contribution >= 0.6 is 0 Å². The van der Waals surface area contributed by atoms with E-state index < -0.39 is 0 Å². The Bertz CT molecular complexity index is 1170. The quantitative estimate of drug-likeness (QED) is 0.577. The first-order chi connectivity index (χ1) is 15.4. The Morgan fingerprint density at radius 2 is 1.97 bits per heavy atom. The van der Waals surface area contributed by atoms with E-state index in [-0.39, 0.29) is 23.4 Å². The zero-order valence-corrected chi connectivity index (χ0v) is 18.6. The summed E-state index contributed by atoms with van der Waals surface area (Å²) in [6.45, 7) is 9.10. The summed E-state index contributed by atoms with van der Waals surface area (Å²) in [5.41, 5.74) is 2.35. The molecule has 1 saturated heterocycles. The molecule has 7 heteroatoms. The molecule has 0 spiro atoms. The third-order valence-corrected chi connectivity index (χ3v) is 5.59. The van der Waals surface area contributed by atoms with E-state index in [1.54, 1.807) is 18.2 Å². The molecule has 6 nitrogen and oxygen atoms in total. The van der Waals surface area contributed by atoms with Gasteiger partial charge in [-0.25, -0.2) is 14.1 Å². The van der Waals surface area contributed by atoms with Gasteiger partial charge in [0.1, 0.15) is 22.9 Å². The van der Waals surface area contributed by atoms with Crippen molar-refractivity contribution in [2.24, 2.45) is 0 Å². The van der Waals surface area contributed by atoms with Gasteiger partial charge in [-0.2, -0.15) is 0 Å². The highest BCUT2D eigenvalue weighted by Crippen LogP contribution is 2.34. The van der Waals surface area contributed by atoms with Crippen LogP contribution < -0.4 is 15.7 Å². The van der Waals surface area contributed by atoms with Crippen LogP contribution in [-0.2, 0) is 0 Å². The number of hydrogen-bond acceptors (Lipinski definition) is 5. The molecule has 2 aromatic heterocycles. The van der Waals surface area contributed by atoms with Gasteiger partial charge in [0.2, 0.25) is 0 Å². The summed E-state index contributed by atoms with van der Waals surface area (Å²) in [6, 6.07) is 16.4. The van der Waals surface area contributed by atoms with Crippen LogP contribution in [-0.4, -0.2) is 27.4 Å². The molecule has 0 amide bonds. The van der Waals surface area contributed by atoms with Gasteiger partial charge in [0, 0.05) is 12.6 Å². The van der Waals surface area contributed by atoms with Crippen molar-refractivity contribution in [3.8, 4) is 0 Å². The molecule has 3 aromatic rings. The molecular formula is C25H29FN6. The van der Waals surface area contributed by atoms with Crippen LogP contribution in [0.4, 0.5) is 16.0 Å². The molecule has 32 heavy (non-hydrogen) atoms. The smallest absolute Gasteiger partial charge is 0.150 e. The maximum atomic E-state index is 13.9. The molecule has 0 radical (unpaired) electrons. The molecule has 3 heterocycles. The zero-order valence-electron chi connectivity index (χ0n) is 18.6. The maximum Gasteiger partial charge on any atom is 0.150 e. The van der Waals surface area contributed by atoms with Crippen molar-refractivity contribution in [2.75, 3.05) is 16.8 Å². The second-order valence-corrected chi connectivity index (χ2v) is 8.40. The first-order valence-corrected chi connectivity index (χ1v) is 11.0. The van der Waals surface area contributed by atoms with E-state index in [4.69, 9.17) is 10.5 Å². The molecular weight excluding hydrogens is 403 g/mol. The van der Waals surface area contributed by atoms with E-state index in [2.05, 4.69) is 35.6 Å². The summed E-state index contributed by atoms with van der Waals surface area (Å²) in [5, 5.41) is 16.5. The van der Waals surface area contributed by atoms with Gasteiger partial charge < -0.3 is 10.2 Å². The third-order valence-electron chi connectivity index (χ3n) is 5.59. The van der Waals surface area contributed by atoms with Crippen LogP contribution in [0.5, 0.6) is 0 Å². The number of anilines is 2. The fourth-order valence-electron chi connectivity index (χ4n) is 4.12. The van der Waals surface area contributed by atoms with Gasteiger partial charge in [-0.3, -0.25) is 5.41 Å². The van der Waals surface area contributed by atoms with Gasteiger partial charge in [-0.1, -0.05) is 24.8 Å². The minimum absolute atomic E-state index is 0.0435. The number of rotatable bonds is 6. The topological polar surface area (TPSA) is 69.8 Å². The van der Waals surface area contributed by atoms with Crippen LogP contribution in [0.25, 0.3) is 5.70 Å². The number of halogens is 1. The molecule has 0 saturated carbocycles. The summed E-state index contributed by atoms with van der Waals surface area (Å²) >= 11 is 0. The van der Waals surface area contributed by atoms with Gasteiger partial charge in [-0.15, -0.1) is 5.10 Å². The van der Waals surface area contributed by atoms with Gasteiger partial charge in [0.05, 0.1) is 17.4 Å². The number of aromatic nitrogens is 3. The number of nitrogens with one attached hydrogen (secondary N) is 2. The van der Waals surface area contributed by atoms with Crippen LogP contribution in [0, 0.1) is 11.2 Å². The molecule has 0 aliphatic carbocycles. The lowest BCUT2D eigenvalue weighted by molar-refractivity contribution is 0.464. The molecule has 0 bridgehead atoms. The summed E-state index contributed by atoms with van der Waals surface area (Å²) in [7, 11) is 0. The summed E-state index contributed by atoms with van der Waals surface area (Å²) in [4.78, 5) is 6.83. The minimum atomic E-state index is -0.230. The van der Waals surface area contributed by atoms with Crippen molar-refractivity contribution < 1.29 is 4.39 Å². The maximum absolute atomic E-state index is 13.9. The summed E-state index contributed by atoms with van der Waals surface area (Å²) < 4.78 is 15.4. The number of benzene rings is 1. The molecule has 1 fully saturated rings. The van der Waals surface area contributed by atoms with E-state index in [1.807, 2.05) is 30.3 Å². The lowest BCUT2D eigenvalue weighted by Crippen LogP contribution is -2.36. The van der Waals surface area contributed by atoms with E-state index >= 15 is 0 Å². The summed E-state index contributed by atoms with van der Waals surface area (Å²) in [6.07, 6.45) is 3.06. The normalized spacial score (nSPS) is 16.2. The fraction of sp³-hybridized carbons (Fsp3) is 0.320. The predicted molar refractivity (Wildman–Crippen MR) is 126 cm³/mol. The minimum Gasteiger partial charge on any atom is -0.368 e. The lowest BCUT2D eigenvalue weighted by Gasteiger charge is -2.37. The molecule has 2 N–H and O–H groups in total. The van der Waals surface area contributed by atoms with Crippen molar-refractivity contribution in [3.63, 3.8) is 0 Å². The van der Waals surface area contributed by atoms with Gasteiger partial charge in [-0.05, 0) is 75.1 Å². The van der Waals surface area contributed by atoms with Crippen LogP contribution in [0.3, 0.4) is 0 Å². The monoisotopic (exact) mass is 432 g/mol. The van der Waals surface area contributed by atoms with Crippen molar-refractivity contribution in [2.45, 2.75) is 45.2 Å². The number of nitrogens with zero attached hydrogens (tertiary/aromatic N) is 4. The number of hydrogen-bond donors (Lipinski definition) is 2. The third kappa shape index (κ3) is 4.72. The first kappa shape index (κ1) is 21.7. The van der Waals surface area contributed by atoms with E-state index in [0.717, 1.165) is 43.0 Å². The highest BCUT2D eigenvalue weighted by Gasteiger charge is 2.26. The van der Waals surface area contributed by atoms with Crippen LogP contribution in [0.1, 0.15) is 50.4 Å². The van der Waals surface area contributed by atoms with Gasteiger partial charge in [0.25, 0.3) is 0 Å². The number of piperidine rings is 1.